The van der Waals surface area contributed by atoms with Gasteiger partial charge in [-0.05, 0) is 38.0 Å². The highest BCUT2D eigenvalue weighted by atomic mass is 16.5. The quantitative estimate of drug-likeness (QED) is 0.432. The molecule has 0 amide bonds. The van der Waals surface area contributed by atoms with E-state index in [1.165, 1.54) is 12.8 Å². The van der Waals surface area contributed by atoms with E-state index in [4.69, 9.17) is 4.74 Å². The largest absolute Gasteiger partial charge is 0.373 e. The van der Waals surface area contributed by atoms with E-state index in [-0.39, 0.29) is 6.10 Å². The average Bonchev–Trinajstić information content (AvgIpc) is 3.03. The minimum Gasteiger partial charge on any atom is -0.373 e. The normalized spacial score (nSPS) is 17.4. The van der Waals surface area contributed by atoms with Gasteiger partial charge in [0.2, 0.25) is 0 Å². The second-order valence-electron chi connectivity index (χ2n) is 4.35. The molecule has 0 aromatic carbocycles. The highest BCUT2D eigenvalue weighted by Crippen LogP contribution is 2.35. The first kappa shape index (κ1) is 12.4. The average molecular weight is 210 g/mol. The molecule has 15 heavy (non-hydrogen) atoms. The van der Waals surface area contributed by atoms with Gasteiger partial charge in [0.05, 0.1) is 0 Å². The molecule has 1 aliphatic carbocycles. The highest BCUT2D eigenvalue weighted by molar-refractivity contribution is 5.83. The maximum atomic E-state index is 11.7. The Hall–Kier alpha value is -0.630. The Labute approximate surface area is 92.7 Å². The minimum absolute atomic E-state index is 0.107. The monoisotopic (exact) mass is 210 g/mol. The van der Waals surface area contributed by atoms with Crippen LogP contribution in [0.15, 0.2) is 12.7 Å². The third kappa shape index (κ3) is 4.61. The zero-order valence-electron chi connectivity index (χ0n) is 9.71. The van der Waals surface area contributed by atoms with Crippen LogP contribution in [0.1, 0.15) is 44.9 Å². The maximum absolute atomic E-state index is 11.7. The second kappa shape index (κ2) is 6.78. The van der Waals surface area contributed by atoms with Crippen LogP contribution in [0.25, 0.3) is 0 Å². The molecule has 2 heteroatoms. The van der Waals surface area contributed by atoms with Crippen molar-refractivity contribution in [3.8, 4) is 0 Å². The number of carbonyl (C=O) groups is 1. The number of rotatable bonds is 9. The molecule has 2 nitrogen and oxygen atoms in total. The molecule has 0 spiro atoms. The van der Waals surface area contributed by atoms with Crippen LogP contribution in [0.2, 0.25) is 0 Å². The lowest BCUT2D eigenvalue weighted by atomic mass is 10.0. The number of hydrogen-bond acceptors (Lipinski definition) is 2. The van der Waals surface area contributed by atoms with Gasteiger partial charge in [0.1, 0.15) is 6.10 Å². The fourth-order valence-corrected chi connectivity index (χ4v) is 1.89. The maximum Gasteiger partial charge on any atom is 0.161 e. The lowest BCUT2D eigenvalue weighted by molar-refractivity contribution is -0.130. The summed E-state index contributed by atoms with van der Waals surface area (Å²) in [5, 5.41) is 0. The number of carbonyl (C=O) groups excluding carboxylic acids is 1. The summed E-state index contributed by atoms with van der Waals surface area (Å²) in [6.07, 6.45) is 9.18. The molecule has 1 rings (SSSR count). The van der Waals surface area contributed by atoms with Gasteiger partial charge in [-0.2, -0.15) is 0 Å². The zero-order chi connectivity index (χ0) is 11.1. The molecule has 0 saturated heterocycles. The third-order valence-corrected chi connectivity index (χ3v) is 2.95. The molecule has 0 aliphatic heterocycles. The van der Waals surface area contributed by atoms with Crippen molar-refractivity contribution in [2.24, 2.45) is 5.92 Å². The van der Waals surface area contributed by atoms with E-state index < -0.39 is 0 Å². The van der Waals surface area contributed by atoms with E-state index >= 15 is 0 Å². The fraction of sp³-hybridized carbons (Fsp3) is 0.769. The standard InChI is InChI=1S/C13H22O2/c1-3-4-5-6-7-8-12(14)13(15-2)11-9-10-11/h3,11,13H,1,4-10H2,2H3. The van der Waals surface area contributed by atoms with Crippen molar-refractivity contribution in [3.63, 3.8) is 0 Å². The number of ketones is 1. The Morgan fingerprint density at radius 2 is 2.20 bits per heavy atom. The van der Waals surface area contributed by atoms with Gasteiger partial charge in [0, 0.05) is 13.5 Å². The number of allylic oxidation sites excluding steroid dienone is 1. The van der Waals surface area contributed by atoms with Crippen LogP contribution in [0, 0.1) is 5.92 Å². The molecular formula is C13H22O2. The Balaban J connectivity index is 2.08. The topological polar surface area (TPSA) is 26.3 Å². The summed E-state index contributed by atoms with van der Waals surface area (Å²) in [5.74, 6) is 0.828. The van der Waals surface area contributed by atoms with Crippen LogP contribution >= 0.6 is 0 Å². The highest BCUT2D eigenvalue weighted by Gasteiger charge is 2.35. The zero-order valence-corrected chi connectivity index (χ0v) is 9.71. The van der Waals surface area contributed by atoms with Crippen LogP contribution in [0.4, 0.5) is 0 Å². The van der Waals surface area contributed by atoms with Crippen molar-refractivity contribution < 1.29 is 9.53 Å². The molecule has 1 fully saturated rings. The SMILES string of the molecule is C=CCCCCCC(=O)C(OC)C1CC1. The number of methoxy groups -OCH3 is 1. The molecular weight excluding hydrogens is 188 g/mol. The van der Waals surface area contributed by atoms with E-state index in [2.05, 4.69) is 6.58 Å². The predicted octanol–water partition coefficient (Wildman–Crippen LogP) is 3.12. The van der Waals surface area contributed by atoms with Crippen LogP contribution in [-0.4, -0.2) is 19.0 Å². The van der Waals surface area contributed by atoms with Crippen LogP contribution in [-0.2, 0) is 9.53 Å². The van der Waals surface area contributed by atoms with Gasteiger partial charge in [-0.25, -0.2) is 0 Å². The fourth-order valence-electron chi connectivity index (χ4n) is 1.89. The summed E-state index contributed by atoms with van der Waals surface area (Å²) >= 11 is 0. The molecule has 1 unspecified atom stereocenters. The van der Waals surface area contributed by atoms with Gasteiger partial charge < -0.3 is 4.74 Å². The van der Waals surface area contributed by atoms with Crippen molar-refractivity contribution in [1.82, 2.24) is 0 Å². The van der Waals surface area contributed by atoms with Crippen molar-refractivity contribution >= 4 is 5.78 Å². The Bertz CT molecular complexity index is 207. The van der Waals surface area contributed by atoms with E-state index in [0.717, 1.165) is 25.7 Å². The lowest BCUT2D eigenvalue weighted by Gasteiger charge is -2.12. The van der Waals surface area contributed by atoms with Crippen LogP contribution in [0.5, 0.6) is 0 Å². The first-order valence-electron chi connectivity index (χ1n) is 5.96. The molecule has 0 radical (unpaired) electrons. The molecule has 0 aromatic heterocycles. The number of ether oxygens (including phenoxy) is 1. The van der Waals surface area contributed by atoms with Gasteiger partial charge in [-0.3, -0.25) is 4.79 Å². The molecule has 0 N–H and O–H groups in total. The Morgan fingerprint density at radius 3 is 2.73 bits per heavy atom. The first-order chi connectivity index (χ1) is 7.29. The van der Waals surface area contributed by atoms with Crippen LogP contribution in [0.3, 0.4) is 0 Å². The summed E-state index contributed by atoms with van der Waals surface area (Å²) in [5.41, 5.74) is 0. The summed E-state index contributed by atoms with van der Waals surface area (Å²) in [7, 11) is 1.65. The lowest BCUT2D eigenvalue weighted by Crippen LogP contribution is -2.24. The van der Waals surface area contributed by atoms with E-state index in [0.29, 0.717) is 18.1 Å². The molecule has 86 valence electrons. The van der Waals surface area contributed by atoms with Gasteiger partial charge in [-0.1, -0.05) is 12.5 Å². The van der Waals surface area contributed by atoms with Crippen molar-refractivity contribution in [2.45, 2.75) is 51.0 Å². The Kier molecular flexibility index (Phi) is 5.62. The van der Waals surface area contributed by atoms with Crippen molar-refractivity contribution in [3.05, 3.63) is 12.7 Å². The number of unbranched alkanes of at least 4 members (excludes halogenated alkanes) is 3. The summed E-state index contributed by atoms with van der Waals surface area (Å²) in [6.45, 7) is 3.68. The van der Waals surface area contributed by atoms with E-state index in [9.17, 15) is 4.79 Å². The second-order valence-corrected chi connectivity index (χ2v) is 4.35. The minimum atomic E-state index is -0.107. The number of hydrogen-bond donors (Lipinski definition) is 0. The molecule has 1 aliphatic rings. The van der Waals surface area contributed by atoms with E-state index in [1.807, 2.05) is 6.08 Å². The molecule has 0 aromatic rings. The molecule has 1 atom stereocenters. The smallest absolute Gasteiger partial charge is 0.161 e. The number of Topliss-reactive ketones (excluding diaryl/α,β-unsaturated/α-hetero) is 1. The van der Waals surface area contributed by atoms with Gasteiger partial charge >= 0.3 is 0 Å². The van der Waals surface area contributed by atoms with Gasteiger partial charge in [0.15, 0.2) is 5.78 Å². The predicted molar refractivity (Wildman–Crippen MR) is 61.8 cm³/mol. The van der Waals surface area contributed by atoms with Crippen LogP contribution < -0.4 is 0 Å². The van der Waals surface area contributed by atoms with Crippen molar-refractivity contribution in [2.75, 3.05) is 7.11 Å². The van der Waals surface area contributed by atoms with E-state index in [1.54, 1.807) is 7.11 Å². The summed E-state index contributed by atoms with van der Waals surface area (Å²) in [6, 6.07) is 0. The molecule has 0 bridgehead atoms. The molecule has 1 saturated carbocycles. The van der Waals surface area contributed by atoms with Gasteiger partial charge in [-0.15, -0.1) is 6.58 Å². The van der Waals surface area contributed by atoms with Gasteiger partial charge in [0.25, 0.3) is 0 Å². The Morgan fingerprint density at radius 1 is 1.47 bits per heavy atom. The third-order valence-electron chi connectivity index (χ3n) is 2.95. The molecule has 0 heterocycles. The van der Waals surface area contributed by atoms with Crippen molar-refractivity contribution in [1.29, 1.82) is 0 Å². The summed E-state index contributed by atoms with van der Waals surface area (Å²) in [4.78, 5) is 11.7. The summed E-state index contributed by atoms with van der Waals surface area (Å²) < 4.78 is 5.25. The first-order valence-corrected chi connectivity index (χ1v) is 5.96.